The second-order valence-corrected chi connectivity index (χ2v) is 9.17. The van der Waals surface area contributed by atoms with E-state index in [0.717, 1.165) is 55.2 Å². The SMILES string of the molecule is Cn1c(=O)n(C2CCC(=O)NC2=O)c2ccc(N3CCC(OCC4CCC4)CC3)cc21. The highest BCUT2D eigenvalue weighted by Gasteiger charge is 2.31. The molecule has 31 heavy (non-hydrogen) atoms. The van der Waals surface area contributed by atoms with Crippen LogP contribution in [-0.4, -0.2) is 46.7 Å². The van der Waals surface area contributed by atoms with Crippen LogP contribution in [0.15, 0.2) is 23.0 Å². The number of aromatic nitrogens is 2. The lowest BCUT2D eigenvalue weighted by Crippen LogP contribution is -2.44. The standard InChI is InChI=1S/C23H30N4O4/c1-25-20-13-16(26-11-9-17(10-12-26)31-14-15-3-2-4-15)5-6-18(20)27(23(25)30)19-7-8-21(28)24-22(19)29/h5-6,13,15,17,19H,2-4,7-12,14H2,1H3,(H,24,28,29). The van der Waals surface area contributed by atoms with E-state index in [0.29, 0.717) is 12.5 Å². The molecule has 1 aliphatic carbocycles. The fraction of sp³-hybridized carbons (Fsp3) is 0.609. The topological polar surface area (TPSA) is 85.6 Å². The highest BCUT2D eigenvalue weighted by Crippen LogP contribution is 2.30. The molecule has 1 aromatic carbocycles. The summed E-state index contributed by atoms with van der Waals surface area (Å²) < 4.78 is 9.25. The quantitative estimate of drug-likeness (QED) is 0.740. The Kier molecular flexibility index (Phi) is 5.33. The van der Waals surface area contributed by atoms with Crippen LogP contribution >= 0.6 is 0 Å². The molecule has 8 nitrogen and oxygen atoms in total. The molecule has 8 heteroatoms. The molecule has 3 aliphatic rings. The largest absolute Gasteiger partial charge is 0.378 e. The molecule has 3 fully saturated rings. The van der Waals surface area contributed by atoms with Crippen LogP contribution in [0.25, 0.3) is 11.0 Å². The Balaban J connectivity index is 1.33. The maximum absolute atomic E-state index is 12.9. The van der Waals surface area contributed by atoms with Gasteiger partial charge in [-0.3, -0.25) is 24.0 Å². The van der Waals surface area contributed by atoms with Gasteiger partial charge in [0.1, 0.15) is 6.04 Å². The van der Waals surface area contributed by atoms with Crippen molar-refractivity contribution in [1.82, 2.24) is 14.5 Å². The molecule has 5 rings (SSSR count). The van der Waals surface area contributed by atoms with Crippen LogP contribution in [-0.2, 0) is 21.4 Å². The molecule has 2 aromatic rings. The van der Waals surface area contributed by atoms with E-state index < -0.39 is 11.9 Å². The minimum atomic E-state index is -0.650. The van der Waals surface area contributed by atoms with E-state index in [-0.39, 0.29) is 18.0 Å². The first-order valence-electron chi connectivity index (χ1n) is 11.4. The van der Waals surface area contributed by atoms with E-state index in [9.17, 15) is 14.4 Å². The molecule has 1 unspecified atom stereocenters. The summed E-state index contributed by atoms with van der Waals surface area (Å²) in [5.74, 6) is 0.0888. The van der Waals surface area contributed by atoms with E-state index >= 15 is 0 Å². The number of carbonyl (C=O) groups is 2. The summed E-state index contributed by atoms with van der Waals surface area (Å²) in [7, 11) is 1.73. The Morgan fingerprint density at radius 3 is 2.48 bits per heavy atom. The predicted octanol–water partition coefficient (Wildman–Crippen LogP) is 2.10. The molecule has 2 amide bonds. The Morgan fingerprint density at radius 2 is 1.81 bits per heavy atom. The molecule has 0 bridgehead atoms. The maximum Gasteiger partial charge on any atom is 0.329 e. The number of carbonyl (C=O) groups excluding carboxylic acids is 2. The molecule has 1 aromatic heterocycles. The number of imidazole rings is 1. The smallest absolute Gasteiger partial charge is 0.329 e. The second kappa shape index (κ2) is 8.15. The van der Waals surface area contributed by atoms with Crippen LogP contribution < -0.4 is 15.9 Å². The minimum absolute atomic E-state index is 0.232. The minimum Gasteiger partial charge on any atom is -0.378 e. The number of benzene rings is 1. The fourth-order valence-corrected chi connectivity index (χ4v) is 4.99. The molecule has 1 N–H and O–H groups in total. The predicted molar refractivity (Wildman–Crippen MR) is 117 cm³/mol. The number of rotatable bonds is 5. The van der Waals surface area contributed by atoms with E-state index in [1.165, 1.54) is 23.8 Å². The first-order valence-corrected chi connectivity index (χ1v) is 11.4. The van der Waals surface area contributed by atoms with Crippen molar-refractivity contribution in [2.75, 3.05) is 24.6 Å². The number of nitrogens with one attached hydrogen (secondary N) is 1. The van der Waals surface area contributed by atoms with E-state index in [1.54, 1.807) is 11.6 Å². The van der Waals surface area contributed by atoms with Gasteiger partial charge in [-0.25, -0.2) is 4.79 Å². The Bertz CT molecular complexity index is 1060. The van der Waals surface area contributed by atoms with Crippen molar-refractivity contribution in [2.45, 2.75) is 57.1 Å². The van der Waals surface area contributed by atoms with Gasteiger partial charge in [0, 0.05) is 38.9 Å². The lowest BCUT2D eigenvalue weighted by atomic mass is 9.86. The summed E-state index contributed by atoms with van der Waals surface area (Å²) >= 11 is 0. The van der Waals surface area contributed by atoms with Gasteiger partial charge in [0.15, 0.2) is 0 Å². The normalized spacial score (nSPS) is 23.3. The van der Waals surface area contributed by atoms with E-state index in [4.69, 9.17) is 4.74 Å². The van der Waals surface area contributed by atoms with Gasteiger partial charge in [0.25, 0.3) is 0 Å². The Morgan fingerprint density at radius 1 is 1.03 bits per heavy atom. The molecular weight excluding hydrogens is 396 g/mol. The van der Waals surface area contributed by atoms with Gasteiger partial charge >= 0.3 is 5.69 Å². The van der Waals surface area contributed by atoms with Crippen LogP contribution in [0.4, 0.5) is 5.69 Å². The molecule has 2 saturated heterocycles. The number of piperidine rings is 2. The monoisotopic (exact) mass is 426 g/mol. The zero-order valence-electron chi connectivity index (χ0n) is 18.0. The Hall–Kier alpha value is -2.61. The summed E-state index contributed by atoms with van der Waals surface area (Å²) in [6.45, 7) is 2.78. The number of ether oxygens (including phenoxy) is 1. The number of hydrogen-bond acceptors (Lipinski definition) is 5. The van der Waals surface area contributed by atoms with Crippen LogP contribution in [0, 0.1) is 5.92 Å². The van der Waals surface area contributed by atoms with Crippen molar-refractivity contribution in [3.63, 3.8) is 0 Å². The van der Waals surface area contributed by atoms with Crippen molar-refractivity contribution < 1.29 is 14.3 Å². The highest BCUT2D eigenvalue weighted by atomic mass is 16.5. The van der Waals surface area contributed by atoms with Crippen LogP contribution in [0.3, 0.4) is 0 Å². The summed E-state index contributed by atoms with van der Waals surface area (Å²) in [5, 5.41) is 2.35. The fourth-order valence-electron chi connectivity index (χ4n) is 4.99. The lowest BCUT2D eigenvalue weighted by Gasteiger charge is -2.35. The van der Waals surface area contributed by atoms with Crippen LogP contribution in [0.5, 0.6) is 0 Å². The summed E-state index contributed by atoms with van der Waals surface area (Å²) in [5.41, 5.74) is 2.38. The van der Waals surface area contributed by atoms with Crippen LogP contribution in [0.2, 0.25) is 0 Å². The summed E-state index contributed by atoms with van der Waals surface area (Å²) in [4.78, 5) is 39.1. The molecular formula is C23H30N4O4. The maximum atomic E-state index is 12.9. The molecule has 1 atom stereocenters. The third-order valence-corrected chi connectivity index (χ3v) is 7.19. The van der Waals surface area contributed by atoms with Gasteiger partial charge in [-0.1, -0.05) is 6.42 Å². The average molecular weight is 427 g/mol. The van der Waals surface area contributed by atoms with Crippen molar-refractivity contribution in [1.29, 1.82) is 0 Å². The number of imide groups is 1. The average Bonchev–Trinajstić information content (AvgIpc) is 2.98. The zero-order valence-corrected chi connectivity index (χ0v) is 18.0. The number of anilines is 1. The number of nitrogens with zero attached hydrogens (tertiary/aromatic N) is 3. The third-order valence-electron chi connectivity index (χ3n) is 7.19. The first kappa shape index (κ1) is 20.3. The summed E-state index contributed by atoms with van der Waals surface area (Å²) in [6, 6.07) is 5.34. The molecule has 2 aliphatic heterocycles. The van der Waals surface area contributed by atoms with Crippen molar-refractivity contribution in [3.8, 4) is 0 Å². The number of amides is 2. The molecule has 166 valence electrons. The van der Waals surface area contributed by atoms with E-state index in [1.807, 2.05) is 18.2 Å². The molecule has 3 heterocycles. The third kappa shape index (κ3) is 3.78. The van der Waals surface area contributed by atoms with Gasteiger partial charge in [-0.2, -0.15) is 0 Å². The first-order chi connectivity index (χ1) is 15.0. The molecule has 0 spiro atoms. The molecule has 1 saturated carbocycles. The summed E-state index contributed by atoms with van der Waals surface area (Å²) in [6.07, 6.45) is 6.95. The number of fused-ring (bicyclic) bond motifs is 1. The lowest BCUT2D eigenvalue weighted by molar-refractivity contribution is -0.135. The van der Waals surface area contributed by atoms with Crippen molar-refractivity contribution in [2.24, 2.45) is 13.0 Å². The van der Waals surface area contributed by atoms with Gasteiger partial charge in [-0.05, 0) is 56.2 Å². The highest BCUT2D eigenvalue weighted by molar-refractivity contribution is 6.00. The van der Waals surface area contributed by atoms with Crippen molar-refractivity contribution >= 4 is 28.5 Å². The number of aryl methyl sites for hydroxylation is 1. The van der Waals surface area contributed by atoms with Gasteiger partial charge in [0.2, 0.25) is 11.8 Å². The number of hydrogen-bond donors (Lipinski definition) is 1. The van der Waals surface area contributed by atoms with Gasteiger partial charge in [0.05, 0.1) is 17.1 Å². The van der Waals surface area contributed by atoms with E-state index in [2.05, 4.69) is 10.2 Å². The van der Waals surface area contributed by atoms with Gasteiger partial charge in [-0.15, -0.1) is 0 Å². The zero-order chi connectivity index (χ0) is 21.5. The van der Waals surface area contributed by atoms with Crippen LogP contribution in [0.1, 0.15) is 51.0 Å². The second-order valence-electron chi connectivity index (χ2n) is 9.17. The van der Waals surface area contributed by atoms with Gasteiger partial charge < -0.3 is 9.64 Å². The molecule has 0 radical (unpaired) electrons. The van der Waals surface area contributed by atoms with Crippen molar-refractivity contribution in [3.05, 3.63) is 28.7 Å². The Labute approximate surface area is 181 Å².